The molecule has 2 aromatic heterocycles. The van der Waals surface area contributed by atoms with Crippen LogP contribution >= 0.6 is 35.4 Å². The molecule has 3 heterocycles. The Hall–Kier alpha value is -3.39. The molecule has 0 aliphatic carbocycles. The summed E-state index contributed by atoms with van der Waals surface area (Å²) in [6, 6.07) is 21.0. The van der Waals surface area contributed by atoms with E-state index in [0.717, 1.165) is 39.6 Å². The van der Waals surface area contributed by atoms with Gasteiger partial charge in [0.15, 0.2) is 5.11 Å². The van der Waals surface area contributed by atoms with Crippen LogP contribution in [0.3, 0.4) is 0 Å². The number of nitrogens with zero attached hydrogens (tertiary/aromatic N) is 3. The van der Waals surface area contributed by atoms with Gasteiger partial charge < -0.3 is 20.1 Å². The Kier molecular flexibility index (Phi) is 7.93. The van der Waals surface area contributed by atoms with Gasteiger partial charge in [-0.05, 0) is 81.0 Å². The average molecular weight is 579 g/mol. The standard InChI is InChI=1S/C30H29Cl2N5OS/c1-18-10-12-21(13-11-18)34-26(38)14-16-36-29(28(35-30(36)39)24-8-4-5-15-33-24)22-17-19(2)37(20(22)3)25-9-6-7-23(31)27(25)32/h4-13,15,17,28-29H,14,16H2,1-3H3,(H,34,38)(H,35,39)/t28-,29-/m1/s1. The number of benzene rings is 2. The highest BCUT2D eigenvalue weighted by molar-refractivity contribution is 7.80. The lowest BCUT2D eigenvalue weighted by atomic mass is 9.96. The Labute approximate surface area is 244 Å². The summed E-state index contributed by atoms with van der Waals surface area (Å²) in [5, 5.41) is 8.05. The van der Waals surface area contributed by atoms with Gasteiger partial charge in [0.1, 0.15) is 0 Å². The lowest BCUT2D eigenvalue weighted by molar-refractivity contribution is -0.116. The highest BCUT2D eigenvalue weighted by atomic mass is 35.5. The molecule has 1 aliphatic heterocycles. The molecule has 2 aromatic carbocycles. The molecule has 0 spiro atoms. The van der Waals surface area contributed by atoms with Crippen molar-refractivity contribution in [3.05, 3.63) is 111 Å². The van der Waals surface area contributed by atoms with Crippen LogP contribution in [-0.4, -0.2) is 32.0 Å². The first-order valence-electron chi connectivity index (χ1n) is 12.7. The van der Waals surface area contributed by atoms with Crippen molar-refractivity contribution in [3.63, 3.8) is 0 Å². The Morgan fingerprint density at radius 1 is 1.05 bits per heavy atom. The second-order valence-corrected chi connectivity index (χ2v) is 10.9. The van der Waals surface area contributed by atoms with Gasteiger partial charge in [-0.3, -0.25) is 9.78 Å². The zero-order valence-corrected chi connectivity index (χ0v) is 24.2. The second kappa shape index (κ2) is 11.4. The summed E-state index contributed by atoms with van der Waals surface area (Å²) < 4.78 is 2.11. The van der Waals surface area contributed by atoms with E-state index < -0.39 is 0 Å². The summed E-state index contributed by atoms with van der Waals surface area (Å²) >= 11 is 18.8. The predicted molar refractivity (Wildman–Crippen MR) is 162 cm³/mol. The van der Waals surface area contributed by atoms with Crippen LogP contribution in [0.4, 0.5) is 5.69 Å². The molecule has 1 aliphatic rings. The number of aryl methyl sites for hydroxylation is 2. The van der Waals surface area contributed by atoms with Gasteiger partial charge in [0.2, 0.25) is 5.91 Å². The van der Waals surface area contributed by atoms with Crippen molar-refractivity contribution in [1.29, 1.82) is 0 Å². The van der Waals surface area contributed by atoms with Gasteiger partial charge in [0.25, 0.3) is 0 Å². The Morgan fingerprint density at radius 2 is 1.82 bits per heavy atom. The van der Waals surface area contributed by atoms with Gasteiger partial charge in [-0.25, -0.2) is 0 Å². The van der Waals surface area contributed by atoms with Crippen molar-refractivity contribution < 1.29 is 4.79 Å². The summed E-state index contributed by atoms with van der Waals surface area (Å²) in [4.78, 5) is 19.6. The van der Waals surface area contributed by atoms with E-state index in [9.17, 15) is 4.79 Å². The largest absolute Gasteiger partial charge is 0.352 e. The molecule has 1 amide bonds. The SMILES string of the molecule is Cc1ccc(NC(=O)CCN2C(=S)N[C@H](c3ccccn3)[C@H]2c2cc(C)n(-c3cccc(Cl)c3Cl)c2C)cc1. The third-order valence-corrected chi connectivity index (χ3v) is 8.24. The van der Waals surface area contributed by atoms with Crippen LogP contribution in [-0.2, 0) is 4.79 Å². The molecular weight excluding hydrogens is 549 g/mol. The van der Waals surface area contributed by atoms with Gasteiger partial charge in [-0.15, -0.1) is 0 Å². The van der Waals surface area contributed by atoms with Gasteiger partial charge >= 0.3 is 0 Å². The summed E-state index contributed by atoms with van der Waals surface area (Å²) in [6.45, 7) is 6.57. The van der Waals surface area contributed by atoms with Crippen LogP contribution in [0.1, 0.15) is 46.7 Å². The topological polar surface area (TPSA) is 62.2 Å². The van der Waals surface area contributed by atoms with E-state index in [4.69, 9.17) is 35.4 Å². The molecule has 0 bridgehead atoms. The number of amides is 1. The third kappa shape index (κ3) is 5.53. The lowest BCUT2D eigenvalue weighted by Gasteiger charge is -2.28. The number of hydrogen-bond acceptors (Lipinski definition) is 3. The number of anilines is 1. The minimum atomic E-state index is -0.192. The Balaban J connectivity index is 1.48. The van der Waals surface area contributed by atoms with Crippen molar-refractivity contribution in [2.45, 2.75) is 39.3 Å². The molecule has 39 heavy (non-hydrogen) atoms. The number of carbonyl (C=O) groups is 1. The zero-order valence-electron chi connectivity index (χ0n) is 21.9. The van der Waals surface area contributed by atoms with E-state index >= 15 is 0 Å². The van der Waals surface area contributed by atoms with E-state index in [1.54, 1.807) is 12.3 Å². The quantitative estimate of drug-likeness (QED) is 0.229. The molecule has 2 atom stereocenters. The highest BCUT2D eigenvalue weighted by Gasteiger charge is 2.41. The number of thiocarbonyl (C=S) groups is 1. The lowest BCUT2D eigenvalue weighted by Crippen LogP contribution is -2.32. The van der Waals surface area contributed by atoms with Gasteiger partial charge in [0, 0.05) is 36.2 Å². The fourth-order valence-electron chi connectivity index (χ4n) is 5.19. The molecule has 2 N–H and O–H groups in total. The van der Waals surface area contributed by atoms with Crippen LogP contribution in [0.15, 0.2) is 72.9 Å². The summed E-state index contributed by atoms with van der Waals surface area (Å²) in [6.07, 6.45) is 2.06. The molecule has 200 valence electrons. The summed E-state index contributed by atoms with van der Waals surface area (Å²) in [7, 11) is 0. The number of nitrogens with one attached hydrogen (secondary N) is 2. The first kappa shape index (κ1) is 27.2. The highest BCUT2D eigenvalue weighted by Crippen LogP contribution is 2.42. The Bertz CT molecular complexity index is 1520. The molecule has 0 unspecified atom stereocenters. The van der Waals surface area contributed by atoms with E-state index in [-0.39, 0.29) is 24.4 Å². The van der Waals surface area contributed by atoms with E-state index in [1.165, 1.54) is 0 Å². The number of rotatable bonds is 7. The molecule has 1 fully saturated rings. The fourth-order valence-corrected chi connectivity index (χ4v) is 5.90. The predicted octanol–water partition coefficient (Wildman–Crippen LogP) is 7.11. The molecule has 0 saturated carbocycles. The normalized spacial score (nSPS) is 16.8. The van der Waals surface area contributed by atoms with Crippen molar-refractivity contribution in [3.8, 4) is 5.69 Å². The molecule has 1 saturated heterocycles. The monoisotopic (exact) mass is 577 g/mol. The maximum absolute atomic E-state index is 12.9. The summed E-state index contributed by atoms with van der Waals surface area (Å²) in [5.74, 6) is -0.0714. The molecule has 6 nitrogen and oxygen atoms in total. The van der Waals surface area contributed by atoms with Gasteiger partial charge in [-0.2, -0.15) is 0 Å². The van der Waals surface area contributed by atoms with Gasteiger partial charge in [0.05, 0.1) is 33.5 Å². The number of pyridine rings is 1. The van der Waals surface area contributed by atoms with Gasteiger partial charge in [-0.1, -0.05) is 53.0 Å². The Morgan fingerprint density at radius 3 is 2.54 bits per heavy atom. The van der Waals surface area contributed by atoms with Crippen molar-refractivity contribution in [2.24, 2.45) is 0 Å². The van der Waals surface area contributed by atoms with Crippen LogP contribution in [0.2, 0.25) is 10.0 Å². The van der Waals surface area contributed by atoms with Crippen LogP contribution in [0, 0.1) is 20.8 Å². The van der Waals surface area contributed by atoms with E-state index in [2.05, 4.69) is 38.1 Å². The average Bonchev–Trinajstić information content (AvgIpc) is 3.40. The summed E-state index contributed by atoms with van der Waals surface area (Å²) in [5.41, 5.74) is 6.72. The smallest absolute Gasteiger partial charge is 0.226 e. The van der Waals surface area contributed by atoms with Crippen LogP contribution in [0.5, 0.6) is 0 Å². The van der Waals surface area contributed by atoms with Crippen molar-refractivity contribution in [1.82, 2.24) is 19.8 Å². The van der Waals surface area contributed by atoms with E-state index in [1.807, 2.05) is 68.4 Å². The zero-order chi connectivity index (χ0) is 27.7. The molecule has 0 radical (unpaired) electrons. The maximum Gasteiger partial charge on any atom is 0.226 e. The minimum absolute atomic E-state index is 0.0714. The number of halogens is 2. The number of aromatic nitrogens is 2. The number of hydrogen-bond donors (Lipinski definition) is 2. The maximum atomic E-state index is 12.9. The fraction of sp³-hybridized carbons (Fsp3) is 0.233. The second-order valence-electron chi connectivity index (χ2n) is 9.72. The van der Waals surface area contributed by atoms with Crippen LogP contribution in [0.25, 0.3) is 5.69 Å². The first-order valence-corrected chi connectivity index (χ1v) is 13.9. The van der Waals surface area contributed by atoms with E-state index in [0.29, 0.717) is 21.7 Å². The van der Waals surface area contributed by atoms with Crippen molar-refractivity contribution >= 4 is 52.1 Å². The number of carbonyl (C=O) groups excluding carboxylic acids is 1. The third-order valence-electron chi connectivity index (χ3n) is 7.07. The van der Waals surface area contributed by atoms with Crippen LogP contribution < -0.4 is 10.6 Å². The first-order chi connectivity index (χ1) is 18.7. The minimum Gasteiger partial charge on any atom is -0.352 e. The molecule has 5 rings (SSSR count). The molecule has 4 aromatic rings. The van der Waals surface area contributed by atoms with Crippen molar-refractivity contribution in [2.75, 3.05) is 11.9 Å². The molecular formula is C30H29Cl2N5OS. The molecule has 9 heteroatoms.